The van der Waals surface area contributed by atoms with E-state index >= 15 is 0 Å². The third kappa shape index (κ3) is 6.22. The summed E-state index contributed by atoms with van der Waals surface area (Å²) in [7, 11) is 0. The van der Waals surface area contributed by atoms with Gasteiger partial charge in [-0.25, -0.2) is 0 Å². The highest BCUT2D eigenvalue weighted by Crippen LogP contribution is 2.20. The monoisotopic (exact) mass is 468 g/mol. The summed E-state index contributed by atoms with van der Waals surface area (Å²) in [5.41, 5.74) is 2.01. The number of aromatic amines is 1. The van der Waals surface area contributed by atoms with Crippen LogP contribution in [0, 0.1) is 5.92 Å². The molecule has 2 amide bonds. The molecule has 1 aliphatic heterocycles. The minimum Gasteiger partial charge on any atom is -0.374 e. The van der Waals surface area contributed by atoms with Gasteiger partial charge in [0.25, 0.3) is 5.91 Å². The lowest BCUT2D eigenvalue weighted by Gasteiger charge is -2.34. The maximum atomic E-state index is 13.2. The van der Waals surface area contributed by atoms with E-state index in [1.54, 1.807) is 6.07 Å². The highest BCUT2D eigenvalue weighted by molar-refractivity contribution is 7.12. The van der Waals surface area contributed by atoms with Gasteiger partial charge in [0, 0.05) is 49.7 Å². The zero-order chi connectivity index (χ0) is 23.2. The molecule has 176 valence electrons. The van der Waals surface area contributed by atoms with Crippen molar-refractivity contribution in [1.82, 2.24) is 20.5 Å². The van der Waals surface area contributed by atoms with Crippen LogP contribution in [0.3, 0.4) is 0 Å². The van der Waals surface area contributed by atoms with Gasteiger partial charge in [0.15, 0.2) is 0 Å². The van der Waals surface area contributed by atoms with E-state index in [1.807, 2.05) is 41.9 Å². The van der Waals surface area contributed by atoms with Gasteiger partial charge in [-0.2, -0.15) is 0 Å². The van der Waals surface area contributed by atoms with Crippen LogP contribution in [0.4, 0.5) is 0 Å². The predicted molar refractivity (Wildman–Crippen MR) is 132 cm³/mol. The summed E-state index contributed by atoms with van der Waals surface area (Å²) in [6.07, 6.45) is 2.26. The van der Waals surface area contributed by atoms with Crippen LogP contribution in [-0.4, -0.2) is 66.6 Å². The first-order chi connectivity index (χ1) is 16.0. The molecule has 0 radical (unpaired) electrons. The molecular formula is C25H32N4O3S. The minimum atomic E-state index is -0.686. The molecular weight excluding hydrogens is 436 g/mol. The lowest BCUT2D eigenvalue weighted by molar-refractivity contribution is -0.124. The van der Waals surface area contributed by atoms with Crippen molar-refractivity contribution in [3.05, 3.63) is 58.4 Å². The number of hydrogen-bond donors (Lipinski definition) is 3. The van der Waals surface area contributed by atoms with E-state index in [2.05, 4.69) is 34.4 Å². The number of amides is 2. The standard InChI is InChI=1S/C25H32N4O3S/c1-17(2)15-29-9-10-32-19(16-29)14-27-24(30)22(28-25(31)23-8-5-11-33-23)12-18-13-26-21-7-4-3-6-20(18)21/h3-8,11,13,17,19,22,26H,9-10,12,14-16H2,1-2H3,(H,27,30)(H,28,31)/t19-,22+/m0/s1. The smallest absolute Gasteiger partial charge is 0.262 e. The molecule has 2 aromatic heterocycles. The zero-order valence-corrected chi connectivity index (χ0v) is 20.0. The lowest BCUT2D eigenvalue weighted by atomic mass is 10.0. The van der Waals surface area contributed by atoms with Crippen molar-refractivity contribution in [2.45, 2.75) is 32.4 Å². The van der Waals surface area contributed by atoms with Gasteiger partial charge in [0.1, 0.15) is 6.04 Å². The summed E-state index contributed by atoms with van der Waals surface area (Å²) in [6, 6.07) is 10.9. The highest BCUT2D eigenvalue weighted by atomic mass is 32.1. The number of fused-ring (bicyclic) bond motifs is 1. The molecule has 8 heteroatoms. The Morgan fingerprint density at radius 1 is 1.24 bits per heavy atom. The molecule has 3 N–H and O–H groups in total. The van der Waals surface area contributed by atoms with Crippen LogP contribution < -0.4 is 10.6 Å². The van der Waals surface area contributed by atoms with Gasteiger partial charge in [-0.05, 0) is 29.0 Å². The molecule has 1 aromatic carbocycles. The fraction of sp³-hybridized carbons (Fsp3) is 0.440. The molecule has 7 nitrogen and oxygen atoms in total. The second kappa shape index (κ2) is 11.0. The molecule has 0 bridgehead atoms. The average molecular weight is 469 g/mol. The number of aromatic nitrogens is 1. The van der Waals surface area contributed by atoms with Crippen LogP contribution in [0.25, 0.3) is 10.9 Å². The van der Waals surface area contributed by atoms with E-state index in [1.165, 1.54) is 11.3 Å². The number of rotatable bonds is 9. The maximum absolute atomic E-state index is 13.2. The summed E-state index contributed by atoms with van der Waals surface area (Å²) in [5.74, 6) is 0.156. The summed E-state index contributed by atoms with van der Waals surface area (Å²) >= 11 is 1.36. The van der Waals surface area contributed by atoms with Crippen molar-refractivity contribution < 1.29 is 14.3 Å². The topological polar surface area (TPSA) is 86.5 Å². The summed E-state index contributed by atoms with van der Waals surface area (Å²) in [6.45, 7) is 8.24. The third-order valence-electron chi connectivity index (χ3n) is 5.82. The summed E-state index contributed by atoms with van der Waals surface area (Å²) in [4.78, 5) is 32.2. The number of carbonyl (C=O) groups is 2. The van der Waals surface area contributed by atoms with Crippen LogP contribution in [0.1, 0.15) is 29.1 Å². The fourth-order valence-corrected chi connectivity index (χ4v) is 4.92. The minimum absolute atomic E-state index is 0.0526. The number of thiophene rings is 1. The summed E-state index contributed by atoms with van der Waals surface area (Å²) in [5, 5.41) is 8.87. The lowest BCUT2D eigenvalue weighted by Crippen LogP contribution is -2.52. The van der Waals surface area contributed by atoms with Crippen molar-refractivity contribution in [2.75, 3.05) is 32.8 Å². The Balaban J connectivity index is 1.43. The van der Waals surface area contributed by atoms with Gasteiger partial charge >= 0.3 is 0 Å². The molecule has 0 aliphatic carbocycles. The van der Waals surface area contributed by atoms with E-state index in [0.717, 1.165) is 36.1 Å². The number of carbonyl (C=O) groups excluding carboxylic acids is 2. The van der Waals surface area contributed by atoms with Crippen molar-refractivity contribution >= 4 is 34.1 Å². The predicted octanol–water partition coefficient (Wildman–Crippen LogP) is 3.04. The number of benzene rings is 1. The van der Waals surface area contributed by atoms with E-state index in [4.69, 9.17) is 4.74 Å². The normalized spacial score (nSPS) is 17.8. The Bertz CT molecular complexity index is 1060. The molecule has 1 aliphatic rings. The van der Waals surface area contributed by atoms with Gasteiger partial charge in [0.2, 0.25) is 5.91 Å². The number of nitrogens with one attached hydrogen (secondary N) is 3. The first-order valence-corrected chi connectivity index (χ1v) is 12.4. The Labute approximate surface area is 198 Å². The third-order valence-corrected chi connectivity index (χ3v) is 6.68. The largest absolute Gasteiger partial charge is 0.374 e. The molecule has 33 heavy (non-hydrogen) atoms. The Kier molecular flexibility index (Phi) is 7.80. The maximum Gasteiger partial charge on any atom is 0.262 e. The van der Waals surface area contributed by atoms with E-state index in [9.17, 15) is 9.59 Å². The van der Waals surface area contributed by atoms with Crippen LogP contribution in [0.5, 0.6) is 0 Å². The number of nitrogens with zero attached hydrogens (tertiary/aromatic N) is 1. The number of ether oxygens (including phenoxy) is 1. The molecule has 3 aromatic rings. The molecule has 2 atom stereocenters. The van der Waals surface area contributed by atoms with Crippen LogP contribution >= 0.6 is 11.3 Å². The molecule has 4 rings (SSSR count). The van der Waals surface area contributed by atoms with Crippen LogP contribution in [0.15, 0.2) is 48.0 Å². The molecule has 3 heterocycles. The quantitative estimate of drug-likeness (QED) is 0.451. The van der Waals surface area contributed by atoms with Crippen LogP contribution in [0.2, 0.25) is 0 Å². The number of para-hydroxylation sites is 1. The second-order valence-corrected chi connectivity index (χ2v) is 9.91. The van der Waals surface area contributed by atoms with Crippen molar-refractivity contribution in [2.24, 2.45) is 5.92 Å². The fourth-order valence-electron chi connectivity index (χ4n) is 4.29. The Hall–Kier alpha value is -2.68. The highest BCUT2D eigenvalue weighted by Gasteiger charge is 2.26. The molecule has 0 unspecified atom stereocenters. The Morgan fingerprint density at radius 3 is 2.88 bits per heavy atom. The summed E-state index contributed by atoms with van der Waals surface area (Å²) < 4.78 is 5.88. The van der Waals surface area contributed by atoms with E-state index in [-0.39, 0.29) is 17.9 Å². The number of H-pyrrole nitrogens is 1. The molecule has 0 spiro atoms. The van der Waals surface area contributed by atoms with Crippen molar-refractivity contribution in [3.8, 4) is 0 Å². The first kappa shape index (κ1) is 23.5. The van der Waals surface area contributed by atoms with Gasteiger partial charge in [-0.1, -0.05) is 38.1 Å². The van der Waals surface area contributed by atoms with E-state index < -0.39 is 6.04 Å². The molecule has 1 saturated heterocycles. The SMILES string of the molecule is CC(C)CN1CCO[C@@H](CNC(=O)[C@@H](Cc2c[nH]c3ccccc23)NC(=O)c2cccs2)C1. The molecule has 0 saturated carbocycles. The van der Waals surface area contributed by atoms with Crippen molar-refractivity contribution in [1.29, 1.82) is 0 Å². The number of morpholine rings is 1. The van der Waals surface area contributed by atoms with Gasteiger partial charge in [-0.15, -0.1) is 11.3 Å². The van der Waals surface area contributed by atoms with Gasteiger partial charge in [-0.3, -0.25) is 14.5 Å². The van der Waals surface area contributed by atoms with Gasteiger partial charge < -0.3 is 20.4 Å². The zero-order valence-electron chi connectivity index (χ0n) is 19.2. The average Bonchev–Trinajstić information content (AvgIpc) is 3.47. The van der Waals surface area contributed by atoms with Crippen molar-refractivity contribution in [3.63, 3.8) is 0 Å². The molecule has 1 fully saturated rings. The Morgan fingerprint density at radius 2 is 2.09 bits per heavy atom. The van der Waals surface area contributed by atoms with Gasteiger partial charge in [0.05, 0.1) is 17.6 Å². The van der Waals surface area contributed by atoms with Crippen LogP contribution in [-0.2, 0) is 16.0 Å². The number of hydrogen-bond acceptors (Lipinski definition) is 5. The van der Waals surface area contributed by atoms with E-state index in [0.29, 0.717) is 30.4 Å². The first-order valence-electron chi connectivity index (χ1n) is 11.5. The second-order valence-electron chi connectivity index (χ2n) is 8.96.